The number of pyridine rings is 1. The van der Waals surface area contributed by atoms with Crippen molar-refractivity contribution in [2.45, 2.75) is 12.3 Å². The third-order valence-electron chi connectivity index (χ3n) is 5.24. The number of anilines is 2. The third-order valence-corrected chi connectivity index (χ3v) is 5.24. The zero-order valence-corrected chi connectivity index (χ0v) is 15.5. The molecule has 0 bridgehead atoms. The van der Waals surface area contributed by atoms with Crippen LogP contribution in [-0.2, 0) is 9.59 Å². The standard InChI is InChI=1S/C20H21FN4O3/c1-28-19-5-3-14(12-22-19)24-6-8-25(9-7-24)20(27)16-11-18(26)23-17-10-13(21)2-4-15(16)17/h2-5,10,12,16H,6-9,11H2,1H3,(H,23,26). The Morgan fingerprint density at radius 1 is 1.21 bits per heavy atom. The second-order valence-electron chi connectivity index (χ2n) is 6.91. The van der Waals surface area contributed by atoms with Gasteiger partial charge in [-0.3, -0.25) is 9.59 Å². The van der Waals surface area contributed by atoms with E-state index in [4.69, 9.17) is 4.74 Å². The van der Waals surface area contributed by atoms with Crippen molar-refractivity contribution in [3.05, 3.63) is 47.9 Å². The minimum atomic E-state index is -0.571. The fourth-order valence-electron chi connectivity index (χ4n) is 3.74. The summed E-state index contributed by atoms with van der Waals surface area (Å²) in [7, 11) is 1.57. The monoisotopic (exact) mass is 384 g/mol. The number of rotatable bonds is 3. The van der Waals surface area contributed by atoms with Gasteiger partial charge < -0.3 is 19.9 Å². The van der Waals surface area contributed by atoms with Crippen LogP contribution in [0.2, 0.25) is 0 Å². The number of methoxy groups -OCH3 is 1. The molecule has 146 valence electrons. The molecule has 0 saturated carbocycles. The Labute approximate surface area is 162 Å². The molecule has 4 rings (SSSR count). The van der Waals surface area contributed by atoms with Crippen molar-refractivity contribution < 1.29 is 18.7 Å². The summed E-state index contributed by atoms with van der Waals surface area (Å²) in [5, 5.41) is 2.65. The summed E-state index contributed by atoms with van der Waals surface area (Å²) in [6.45, 7) is 2.46. The van der Waals surface area contributed by atoms with Gasteiger partial charge in [0.05, 0.1) is 24.9 Å². The van der Waals surface area contributed by atoms with E-state index < -0.39 is 11.7 Å². The number of benzene rings is 1. The van der Waals surface area contributed by atoms with Crippen molar-refractivity contribution in [3.63, 3.8) is 0 Å². The van der Waals surface area contributed by atoms with Crippen molar-refractivity contribution >= 4 is 23.2 Å². The number of fused-ring (bicyclic) bond motifs is 1. The molecular formula is C20H21FN4O3. The van der Waals surface area contributed by atoms with E-state index in [9.17, 15) is 14.0 Å². The lowest BCUT2D eigenvalue weighted by atomic mass is 9.89. The maximum atomic E-state index is 13.5. The molecule has 7 nitrogen and oxygen atoms in total. The number of amides is 2. The van der Waals surface area contributed by atoms with Gasteiger partial charge in [-0.2, -0.15) is 0 Å². The molecule has 1 unspecified atom stereocenters. The normalized spacial score (nSPS) is 19.1. The second-order valence-corrected chi connectivity index (χ2v) is 6.91. The second kappa shape index (κ2) is 7.46. The summed E-state index contributed by atoms with van der Waals surface area (Å²) >= 11 is 0. The van der Waals surface area contributed by atoms with E-state index in [1.54, 1.807) is 24.3 Å². The minimum absolute atomic E-state index is 0.0834. The van der Waals surface area contributed by atoms with E-state index in [1.807, 2.05) is 12.1 Å². The molecule has 1 saturated heterocycles. The number of nitrogens with zero attached hydrogens (tertiary/aromatic N) is 3. The molecule has 0 aliphatic carbocycles. The highest BCUT2D eigenvalue weighted by atomic mass is 19.1. The van der Waals surface area contributed by atoms with Crippen LogP contribution in [0.5, 0.6) is 5.88 Å². The first kappa shape index (κ1) is 18.2. The molecule has 1 aromatic carbocycles. The number of hydrogen-bond acceptors (Lipinski definition) is 5. The summed E-state index contributed by atoms with van der Waals surface area (Å²) in [6.07, 6.45) is 1.84. The highest BCUT2D eigenvalue weighted by Gasteiger charge is 2.34. The maximum Gasteiger partial charge on any atom is 0.230 e. The molecule has 0 spiro atoms. The Morgan fingerprint density at radius 2 is 2.00 bits per heavy atom. The first-order valence-corrected chi connectivity index (χ1v) is 9.18. The number of hydrogen-bond donors (Lipinski definition) is 1. The van der Waals surface area contributed by atoms with Gasteiger partial charge in [0, 0.05) is 44.4 Å². The van der Waals surface area contributed by atoms with Gasteiger partial charge in [-0.25, -0.2) is 9.37 Å². The molecule has 28 heavy (non-hydrogen) atoms. The lowest BCUT2D eigenvalue weighted by Crippen LogP contribution is -2.50. The Hall–Kier alpha value is -3.16. The third kappa shape index (κ3) is 3.49. The first-order valence-electron chi connectivity index (χ1n) is 9.18. The summed E-state index contributed by atoms with van der Waals surface area (Å²) in [4.78, 5) is 33.2. The van der Waals surface area contributed by atoms with E-state index in [-0.39, 0.29) is 18.2 Å². The van der Waals surface area contributed by atoms with Crippen molar-refractivity contribution in [2.24, 2.45) is 0 Å². The average molecular weight is 384 g/mol. The molecule has 2 amide bonds. The highest BCUT2D eigenvalue weighted by Crippen LogP contribution is 2.34. The largest absolute Gasteiger partial charge is 0.481 e. The molecule has 8 heteroatoms. The van der Waals surface area contributed by atoms with Crippen LogP contribution < -0.4 is 15.0 Å². The summed E-state index contributed by atoms with van der Waals surface area (Å²) < 4.78 is 18.6. The van der Waals surface area contributed by atoms with E-state index in [0.29, 0.717) is 43.3 Å². The van der Waals surface area contributed by atoms with Crippen LogP contribution in [0.3, 0.4) is 0 Å². The molecule has 3 heterocycles. The number of nitrogens with one attached hydrogen (secondary N) is 1. The summed E-state index contributed by atoms with van der Waals surface area (Å²) in [5.74, 6) is -0.801. The van der Waals surface area contributed by atoms with Crippen LogP contribution >= 0.6 is 0 Å². The van der Waals surface area contributed by atoms with E-state index in [1.165, 1.54) is 12.1 Å². The van der Waals surface area contributed by atoms with Crippen LogP contribution in [-0.4, -0.2) is 55.0 Å². The molecule has 1 fully saturated rings. The Bertz CT molecular complexity index is 895. The van der Waals surface area contributed by atoms with Crippen molar-refractivity contribution in [1.82, 2.24) is 9.88 Å². The van der Waals surface area contributed by atoms with Gasteiger partial charge in [0.1, 0.15) is 5.82 Å². The lowest BCUT2D eigenvalue weighted by molar-refractivity contribution is -0.135. The number of ether oxygens (including phenoxy) is 1. The van der Waals surface area contributed by atoms with Gasteiger partial charge in [-0.15, -0.1) is 0 Å². The van der Waals surface area contributed by atoms with Crippen LogP contribution in [0.15, 0.2) is 36.5 Å². The van der Waals surface area contributed by atoms with E-state index in [0.717, 1.165) is 5.69 Å². The maximum absolute atomic E-state index is 13.5. The van der Waals surface area contributed by atoms with Crippen LogP contribution in [0.4, 0.5) is 15.8 Å². The number of halogens is 1. The van der Waals surface area contributed by atoms with Gasteiger partial charge in [0.2, 0.25) is 17.7 Å². The van der Waals surface area contributed by atoms with Gasteiger partial charge in [-0.05, 0) is 23.8 Å². The van der Waals surface area contributed by atoms with E-state index >= 15 is 0 Å². The van der Waals surface area contributed by atoms with Gasteiger partial charge in [0.15, 0.2) is 0 Å². The van der Waals surface area contributed by atoms with Gasteiger partial charge in [0.25, 0.3) is 0 Å². The fraction of sp³-hybridized carbons (Fsp3) is 0.350. The van der Waals surface area contributed by atoms with Crippen molar-refractivity contribution in [2.75, 3.05) is 43.5 Å². The summed E-state index contributed by atoms with van der Waals surface area (Å²) in [5.41, 5.74) is 2.04. The molecule has 1 atom stereocenters. The van der Waals surface area contributed by atoms with Gasteiger partial charge in [-0.1, -0.05) is 6.07 Å². The average Bonchev–Trinajstić information content (AvgIpc) is 2.72. The van der Waals surface area contributed by atoms with E-state index in [2.05, 4.69) is 15.2 Å². The number of carbonyl (C=O) groups is 2. The zero-order chi connectivity index (χ0) is 19.7. The SMILES string of the molecule is COc1ccc(N2CCN(C(=O)C3CC(=O)Nc4cc(F)ccc43)CC2)cn1. The van der Waals surface area contributed by atoms with Crippen molar-refractivity contribution in [3.8, 4) is 5.88 Å². The Morgan fingerprint density at radius 3 is 2.68 bits per heavy atom. The topological polar surface area (TPSA) is 74.8 Å². The zero-order valence-electron chi connectivity index (χ0n) is 15.5. The Balaban J connectivity index is 1.45. The van der Waals surface area contributed by atoms with Crippen molar-refractivity contribution in [1.29, 1.82) is 0 Å². The predicted molar refractivity (Wildman–Crippen MR) is 102 cm³/mol. The molecule has 0 radical (unpaired) electrons. The predicted octanol–water partition coefficient (Wildman–Crippen LogP) is 2.00. The van der Waals surface area contributed by atoms with Crippen LogP contribution in [0, 0.1) is 5.82 Å². The smallest absolute Gasteiger partial charge is 0.230 e. The molecule has 1 N–H and O–H groups in total. The lowest BCUT2D eigenvalue weighted by Gasteiger charge is -2.38. The molecule has 2 aromatic rings. The first-order chi connectivity index (χ1) is 13.5. The Kier molecular flexibility index (Phi) is 4.85. The molecule has 1 aromatic heterocycles. The molecule has 2 aliphatic heterocycles. The number of piperazine rings is 1. The fourth-order valence-corrected chi connectivity index (χ4v) is 3.74. The van der Waals surface area contributed by atoms with Crippen LogP contribution in [0.25, 0.3) is 0 Å². The number of carbonyl (C=O) groups excluding carboxylic acids is 2. The molecule has 2 aliphatic rings. The highest BCUT2D eigenvalue weighted by molar-refractivity contribution is 6.01. The summed E-state index contributed by atoms with van der Waals surface area (Å²) in [6, 6.07) is 7.93. The number of aromatic nitrogens is 1. The van der Waals surface area contributed by atoms with Crippen LogP contribution in [0.1, 0.15) is 17.9 Å². The molecular weight excluding hydrogens is 363 g/mol. The minimum Gasteiger partial charge on any atom is -0.481 e. The quantitative estimate of drug-likeness (QED) is 0.876. The van der Waals surface area contributed by atoms with Gasteiger partial charge >= 0.3 is 0 Å².